The summed E-state index contributed by atoms with van der Waals surface area (Å²) in [6.07, 6.45) is 1.02. The molecule has 124 valence electrons. The van der Waals surface area contributed by atoms with Gasteiger partial charge in [0.1, 0.15) is 0 Å². The van der Waals surface area contributed by atoms with Gasteiger partial charge in [0.15, 0.2) is 0 Å². The van der Waals surface area contributed by atoms with Crippen LogP contribution in [-0.2, 0) is 9.53 Å². The van der Waals surface area contributed by atoms with Crippen LogP contribution in [-0.4, -0.2) is 41.7 Å². The molecule has 1 aliphatic rings. The quantitative estimate of drug-likeness (QED) is 0.901. The predicted octanol–water partition coefficient (Wildman–Crippen LogP) is 3.35. The molecule has 1 fully saturated rings. The molecule has 1 aromatic rings. The second kappa shape index (κ2) is 8.51. The Balaban J connectivity index is 0.00000242. The molecule has 1 heterocycles. The summed E-state index contributed by atoms with van der Waals surface area (Å²) in [6.45, 7) is 8.71. The number of benzene rings is 1. The van der Waals surface area contributed by atoms with Crippen LogP contribution in [0.4, 0.5) is 0 Å². The molecule has 0 aliphatic carbocycles. The number of carboxylic acid groups (broad SMARTS) is 1. The maximum atomic E-state index is 10.6. The van der Waals surface area contributed by atoms with Crippen LogP contribution in [0.1, 0.15) is 42.6 Å². The van der Waals surface area contributed by atoms with E-state index < -0.39 is 5.97 Å². The Hall–Kier alpha value is -1.10. The van der Waals surface area contributed by atoms with E-state index in [1.807, 2.05) is 0 Å². The molecule has 0 spiro atoms. The third kappa shape index (κ3) is 4.97. The first-order valence-corrected chi connectivity index (χ1v) is 7.62. The van der Waals surface area contributed by atoms with E-state index in [4.69, 9.17) is 9.84 Å². The van der Waals surface area contributed by atoms with E-state index in [0.717, 1.165) is 13.1 Å². The predicted molar refractivity (Wildman–Crippen MR) is 89.8 cm³/mol. The van der Waals surface area contributed by atoms with Gasteiger partial charge < -0.3 is 9.84 Å². The smallest absolute Gasteiger partial charge is 0.303 e. The number of nitrogens with zero attached hydrogens (tertiary/aromatic N) is 1. The third-order valence-electron chi connectivity index (χ3n) is 4.18. The monoisotopic (exact) mass is 327 g/mol. The van der Waals surface area contributed by atoms with Crippen LogP contribution in [0.15, 0.2) is 18.2 Å². The maximum Gasteiger partial charge on any atom is 0.303 e. The minimum atomic E-state index is -0.720. The van der Waals surface area contributed by atoms with Crippen molar-refractivity contribution in [3.8, 4) is 0 Å². The van der Waals surface area contributed by atoms with E-state index in [1.165, 1.54) is 16.7 Å². The average molecular weight is 328 g/mol. The van der Waals surface area contributed by atoms with Crippen LogP contribution in [0.5, 0.6) is 0 Å². The number of morpholine rings is 1. The fourth-order valence-corrected chi connectivity index (χ4v) is 2.85. The molecule has 22 heavy (non-hydrogen) atoms. The van der Waals surface area contributed by atoms with Crippen molar-refractivity contribution < 1.29 is 14.6 Å². The lowest BCUT2D eigenvalue weighted by Gasteiger charge is -2.38. The van der Waals surface area contributed by atoms with Crippen LogP contribution < -0.4 is 0 Å². The molecule has 0 amide bonds. The fraction of sp³-hybridized carbons (Fsp3) is 0.588. The summed E-state index contributed by atoms with van der Waals surface area (Å²) in [5, 5.41) is 8.76. The lowest BCUT2D eigenvalue weighted by Crippen LogP contribution is -2.45. The molecule has 1 aliphatic heterocycles. The van der Waals surface area contributed by atoms with Gasteiger partial charge in [0.2, 0.25) is 0 Å². The van der Waals surface area contributed by atoms with Crippen molar-refractivity contribution >= 4 is 18.4 Å². The molecular formula is C17H26ClNO3. The summed E-state index contributed by atoms with van der Waals surface area (Å²) < 4.78 is 6.01. The lowest BCUT2D eigenvalue weighted by atomic mass is 9.98. The molecule has 0 aromatic heterocycles. The number of hydrogen-bond donors (Lipinski definition) is 1. The number of carboxylic acids is 1. The second-order valence-corrected chi connectivity index (χ2v) is 6.02. The Labute approximate surface area is 138 Å². The van der Waals surface area contributed by atoms with Crippen LogP contribution in [0.2, 0.25) is 0 Å². The zero-order chi connectivity index (χ0) is 15.4. The largest absolute Gasteiger partial charge is 0.481 e. The van der Waals surface area contributed by atoms with Crippen molar-refractivity contribution in [2.75, 3.05) is 19.7 Å². The molecule has 1 N–H and O–H groups in total. The van der Waals surface area contributed by atoms with E-state index in [9.17, 15) is 4.79 Å². The molecule has 1 saturated heterocycles. The van der Waals surface area contributed by atoms with Gasteiger partial charge in [-0.1, -0.05) is 23.8 Å². The first-order valence-electron chi connectivity index (χ1n) is 7.62. The van der Waals surface area contributed by atoms with E-state index in [1.54, 1.807) is 0 Å². The van der Waals surface area contributed by atoms with Crippen molar-refractivity contribution in [3.63, 3.8) is 0 Å². The Morgan fingerprint density at radius 1 is 1.41 bits per heavy atom. The summed E-state index contributed by atoms with van der Waals surface area (Å²) in [7, 11) is 0. The molecule has 1 aromatic carbocycles. The van der Waals surface area contributed by atoms with Crippen LogP contribution in [0.3, 0.4) is 0 Å². The Morgan fingerprint density at radius 2 is 2.14 bits per heavy atom. The zero-order valence-electron chi connectivity index (χ0n) is 13.5. The molecule has 2 rings (SSSR count). The zero-order valence-corrected chi connectivity index (χ0v) is 14.4. The highest BCUT2D eigenvalue weighted by molar-refractivity contribution is 5.85. The number of aliphatic carboxylic acids is 1. The summed E-state index contributed by atoms with van der Waals surface area (Å²) >= 11 is 0. The van der Waals surface area contributed by atoms with Gasteiger partial charge in [-0.3, -0.25) is 9.69 Å². The minimum Gasteiger partial charge on any atom is -0.481 e. The molecule has 0 saturated carbocycles. The fourth-order valence-electron chi connectivity index (χ4n) is 2.85. The topological polar surface area (TPSA) is 49.8 Å². The van der Waals surface area contributed by atoms with Gasteiger partial charge in [-0.15, -0.1) is 12.4 Å². The first kappa shape index (κ1) is 18.9. The lowest BCUT2D eigenvalue weighted by molar-refractivity contribution is -0.137. The van der Waals surface area contributed by atoms with Crippen molar-refractivity contribution in [1.29, 1.82) is 0 Å². The number of ether oxygens (including phenoxy) is 1. The molecule has 4 nitrogen and oxygen atoms in total. The van der Waals surface area contributed by atoms with Gasteiger partial charge >= 0.3 is 5.97 Å². The number of carbonyl (C=O) groups is 1. The molecule has 2 atom stereocenters. The van der Waals surface area contributed by atoms with Crippen LogP contribution >= 0.6 is 12.4 Å². The highest BCUT2D eigenvalue weighted by atomic mass is 35.5. The highest BCUT2D eigenvalue weighted by Crippen LogP contribution is 2.28. The van der Waals surface area contributed by atoms with Gasteiger partial charge in [0, 0.05) is 19.0 Å². The number of halogens is 1. The molecular weight excluding hydrogens is 302 g/mol. The van der Waals surface area contributed by atoms with Gasteiger partial charge in [0.05, 0.1) is 12.7 Å². The van der Waals surface area contributed by atoms with Gasteiger partial charge in [0.25, 0.3) is 0 Å². The van der Waals surface area contributed by atoms with Crippen LogP contribution in [0, 0.1) is 13.8 Å². The molecule has 2 unspecified atom stereocenters. The number of hydrogen-bond acceptors (Lipinski definition) is 3. The molecule has 0 bridgehead atoms. The highest BCUT2D eigenvalue weighted by Gasteiger charge is 2.27. The summed E-state index contributed by atoms with van der Waals surface area (Å²) in [5.41, 5.74) is 3.76. The summed E-state index contributed by atoms with van der Waals surface area (Å²) in [5.74, 6) is -0.720. The van der Waals surface area contributed by atoms with E-state index in [0.29, 0.717) is 19.1 Å². The number of aryl methyl sites for hydroxylation is 2. The minimum absolute atomic E-state index is 0. The van der Waals surface area contributed by atoms with E-state index >= 15 is 0 Å². The van der Waals surface area contributed by atoms with Crippen molar-refractivity contribution in [3.05, 3.63) is 34.9 Å². The van der Waals surface area contributed by atoms with Crippen molar-refractivity contribution in [2.45, 2.75) is 45.8 Å². The summed E-state index contributed by atoms with van der Waals surface area (Å²) in [6, 6.07) is 6.81. The Morgan fingerprint density at radius 3 is 2.82 bits per heavy atom. The first-order chi connectivity index (χ1) is 9.97. The Kier molecular flexibility index (Phi) is 7.33. The second-order valence-electron chi connectivity index (χ2n) is 6.02. The number of rotatable bonds is 5. The van der Waals surface area contributed by atoms with E-state index in [2.05, 4.69) is 43.9 Å². The molecule has 5 heteroatoms. The maximum absolute atomic E-state index is 10.6. The van der Waals surface area contributed by atoms with Gasteiger partial charge in [-0.2, -0.15) is 0 Å². The van der Waals surface area contributed by atoms with Crippen molar-refractivity contribution in [2.24, 2.45) is 0 Å². The SMILES string of the molecule is Cc1ccc(C)c(C2CN(CCCC(=O)O)C(C)CO2)c1.Cl. The standard InChI is InChI=1S/C17H25NO3.ClH/c1-12-6-7-13(2)15(9-12)16-10-18(14(3)11-21-16)8-4-5-17(19)20;/h6-7,9,14,16H,4-5,8,10-11H2,1-3H3,(H,19,20);1H. The van der Waals surface area contributed by atoms with Gasteiger partial charge in [-0.25, -0.2) is 0 Å². The van der Waals surface area contributed by atoms with Crippen molar-refractivity contribution in [1.82, 2.24) is 4.90 Å². The Bertz CT molecular complexity index is 507. The van der Waals surface area contributed by atoms with Crippen LogP contribution in [0.25, 0.3) is 0 Å². The summed E-state index contributed by atoms with van der Waals surface area (Å²) in [4.78, 5) is 13.0. The molecule has 0 radical (unpaired) electrons. The average Bonchev–Trinajstić information content (AvgIpc) is 2.43. The third-order valence-corrected chi connectivity index (χ3v) is 4.18. The normalized spacial score (nSPS) is 22.1. The van der Waals surface area contributed by atoms with Gasteiger partial charge in [-0.05, 0) is 44.9 Å². The van der Waals surface area contributed by atoms with E-state index in [-0.39, 0.29) is 24.9 Å².